The second-order valence-corrected chi connectivity index (χ2v) is 5.28. The van der Waals surface area contributed by atoms with Gasteiger partial charge < -0.3 is 19.9 Å². The van der Waals surface area contributed by atoms with Crippen LogP contribution in [0.5, 0.6) is 5.75 Å². The van der Waals surface area contributed by atoms with Gasteiger partial charge in [-0.1, -0.05) is 0 Å². The van der Waals surface area contributed by atoms with Crippen LogP contribution in [-0.4, -0.2) is 31.4 Å². The molecule has 1 aromatic carbocycles. The van der Waals surface area contributed by atoms with Crippen LogP contribution in [0.3, 0.4) is 0 Å². The largest absolute Gasteiger partial charge is 0.489 e. The fraction of sp³-hybridized carbons (Fsp3) is 0.533. The van der Waals surface area contributed by atoms with Crippen LogP contribution in [0.25, 0.3) is 0 Å². The summed E-state index contributed by atoms with van der Waals surface area (Å²) < 4.78 is 16.0. The minimum atomic E-state index is -0.386. The summed E-state index contributed by atoms with van der Waals surface area (Å²) in [6.07, 6.45) is 0. The molecule has 0 radical (unpaired) electrons. The quantitative estimate of drug-likeness (QED) is 0.493. The molecule has 2 N–H and O–H groups in total. The molecule has 5 nitrogen and oxygen atoms in total. The van der Waals surface area contributed by atoms with E-state index in [1.54, 1.807) is 25.1 Å². The summed E-state index contributed by atoms with van der Waals surface area (Å²) in [6.45, 7) is 8.84. The van der Waals surface area contributed by atoms with Crippen LogP contribution in [0.2, 0.25) is 0 Å². The molecule has 112 valence electrons. The van der Waals surface area contributed by atoms with Crippen LogP contribution >= 0.6 is 0 Å². The molecule has 1 rings (SSSR count). The smallest absolute Gasteiger partial charge is 0.338 e. The number of nitrogen functional groups attached to an aromatic ring is 1. The molecule has 0 saturated heterocycles. The Balaban J connectivity index is 2.61. The van der Waals surface area contributed by atoms with E-state index >= 15 is 0 Å². The SMILES string of the molecule is CCOC(=O)c1ccc(N)c(OCCOC(C)(C)C)c1. The topological polar surface area (TPSA) is 70.8 Å². The van der Waals surface area contributed by atoms with E-state index in [1.807, 2.05) is 20.8 Å². The third kappa shape index (κ3) is 5.48. The molecule has 0 aliphatic rings. The van der Waals surface area contributed by atoms with Crippen molar-refractivity contribution in [3.63, 3.8) is 0 Å². The van der Waals surface area contributed by atoms with Crippen LogP contribution in [0.4, 0.5) is 5.69 Å². The Bertz CT molecular complexity index is 452. The van der Waals surface area contributed by atoms with Gasteiger partial charge in [-0.15, -0.1) is 0 Å². The molecule has 0 aliphatic carbocycles. The maximum atomic E-state index is 11.6. The number of nitrogens with two attached hydrogens (primary N) is 1. The van der Waals surface area contributed by atoms with Crippen molar-refractivity contribution < 1.29 is 19.0 Å². The van der Waals surface area contributed by atoms with E-state index < -0.39 is 0 Å². The summed E-state index contributed by atoms with van der Waals surface area (Å²) in [5, 5.41) is 0. The Morgan fingerprint density at radius 1 is 1.25 bits per heavy atom. The van der Waals surface area contributed by atoms with Crippen LogP contribution in [0.15, 0.2) is 18.2 Å². The molecular weight excluding hydrogens is 258 g/mol. The molecule has 0 atom stereocenters. The van der Waals surface area contributed by atoms with Crippen molar-refractivity contribution in [2.24, 2.45) is 0 Å². The fourth-order valence-electron chi connectivity index (χ4n) is 1.50. The number of esters is 1. The van der Waals surface area contributed by atoms with Gasteiger partial charge >= 0.3 is 5.97 Å². The Kier molecular flexibility index (Phi) is 5.82. The maximum Gasteiger partial charge on any atom is 0.338 e. The van der Waals surface area contributed by atoms with Crippen LogP contribution < -0.4 is 10.5 Å². The summed E-state index contributed by atoms with van der Waals surface area (Å²) in [5.41, 5.74) is 6.51. The van der Waals surface area contributed by atoms with Gasteiger partial charge in [-0.2, -0.15) is 0 Å². The first kappa shape index (κ1) is 16.3. The van der Waals surface area contributed by atoms with E-state index in [0.29, 0.717) is 36.8 Å². The van der Waals surface area contributed by atoms with E-state index in [9.17, 15) is 4.79 Å². The van der Waals surface area contributed by atoms with Gasteiger partial charge in [0.05, 0.1) is 30.1 Å². The lowest BCUT2D eigenvalue weighted by Crippen LogP contribution is -2.22. The average molecular weight is 281 g/mol. The molecule has 0 unspecified atom stereocenters. The molecule has 0 saturated carbocycles. The van der Waals surface area contributed by atoms with Crippen molar-refractivity contribution in [2.45, 2.75) is 33.3 Å². The molecule has 0 fully saturated rings. The zero-order valence-electron chi connectivity index (χ0n) is 12.6. The average Bonchev–Trinajstić information content (AvgIpc) is 2.35. The van der Waals surface area contributed by atoms with Gasteiger partial charge in [-0.3, -0.25) is 0 Å². The number of hydrogen-bond acceptors (Lipinski definition) is 5. The van der Waals surface area contributed by atoms with Gasteiger partial charge in [0.15, 0.2) is 0 Å². The Morgan fingerprint density at radius 3 is 2.55 bits per heavy atom. The first-order chi connectivity index (χ1) is 9.33. The normalized spacial score (nSPS) is 11.2. The number of hydrogen-bond donors (Lipinski definition) is 1. The van der Waals surface area contributed by atoms with Crippen LogP contribution in [0, 0.1) is 0 Å². The third-order valence-electron chi connectivity index (χ3n) is 2.40. The molecule has 20 heavy (non-hydrogen) atoms. The molecule has 0 heterocycles. The third-order valence-corrected chi connectivity index (χ3v) is 2.40. The first-order valence-corrected chi connectivity index (χ1v) is 6.67. The van der Waals surface area contributed by atoms with Gasteiger partial charge in [0.2, 0.25) is 0 Å². The molecular formula is C15H23NO4. The monoisotopic (exact) mass is 281 g/mol. The van der Waals surface area contributed by atoms with E-state index in [2.05, 4.69) is 0 Å². The minimum Gasteiger partial charge on any atom is -0.489 e. The highest BCUT2D eigenvalue weighted by atomic mass is 16.5. The number of ether oxygens (including phenoxy) is 3. The molecule has 0 aliphatic heterocycles. The molecule has 1 aromatic rings. The van der Waals surface area contributed by atoms with E-state index in [-0.39, 0.29) is 11.6 Å². The summed E-state index contributed by atoms with van der Waals surface area (Å²) in [4.78, 5) is 11.6. The van der Waals surface area contributed by atoms with Gasteiger partial charge in [-0.05, 0) is 45.9 Å². The number of carbonyl (C=O) groups excluding carboxylic acids is 1. The van der Waals surface area contributed by atoms with Crippen molar-refractivity contribution >= 4 is 11.7 Å². The van der Waals surface area contributed by atoms with Crippen molar-refractivity contribution in [3.05, 3.63) is 23.8 Å². The lowest BCUT2D eigenvalue weighted by molar-refractivity contribution is -0.0162. The summed E-state index contributed by atoms with van der Waals surface area (Å²) in [5.74, 6) is 0.0800. The van der Waals surface area contributed by atoms with Crippen molar-refractivity contribution in [3.8, 4) is 5.75 Å². The molecule has 0 aromatic heterocycles. The van der Waals surface area contributed by atoms with Gasteiger partial charge in [0, 0.05) is 0 Å². The van der Waals surface area contributed by atoms with Crippen molar-refractivity contribution in [1.29, 1.82) is 0 Å². The predicted molar refractivity (Wildman–Crippen MR) is 78.0 cm³/mol. The van der Waals surface area contributed by atoms with Crippen molar-refractivity contribution in [2.75, 3.05) is 25.6 Å². The molecule has 5 heteroatoms. The predicted octanol–water partition coefficient (Wildman–Crippen LogP) is 2.64. The number of benzene rings is 1. The van der Waals surface area contributed by atoms with Crippen LogP contribution in [-0.2, 0) is 9.47 Å². The van der Waals surface area contributed by atoms with E-state index in [0.717, 1.165) is 0 Å². The van der Waals surface area contributed by atoms with Gasteiger partial charge in [-0.25, -0.2) is 4.79 Å². The highest BCUT2D eigenvalue weighted by molar-refractivity contribution is 5.90. The lowest BCUT2D eigenvalue weighted by atomic mass is 10.2. The molecule has 0 spiro atoms. The number of anilines is 1. The fourth-order valence-corrected chi connectivity index (χ4v) is 1.50. The highest BCUT2D eigenvalue weighted by Crippen LogP contribution is 2.23. The van der Waals surface area contributed by atoms with E-state index in [1.165, 1.54) is 0 Å². The van der Waals surface area contributed by atoms with E-state index in [4.69, 9.17) is 19.9 Å². The lowest BCUT2D eigenvalue weighted by Gasteiger charge is -2.19. The standard InChI is InChI=1S/C15H23NO4/c1-5-18-14(17)11-6-7-12(16)13(10-11)19-8-9-20-15(2,3)4/h6-7,10H,5,8-9,16H2,1-4H3. The summed E-state index contributed by atoms with van der Waals surface area (Å²) in [7, 11) is 0. The Labute approximate surface area is 120 Å². The van der Waals surface area contributed by atoms with Crippen LogP contribution in [0.1, 0.15) is 38.1 Å². The number of carbonyl (C=O) groups is 1. The van der Waals surface area contributed by atoms with Gasteiger partial charge in [0.25, 0.3) is 0 Å². The first-order valence-electron chi connectivity index (χ1n) is 6.67. The highest BCUT2D eigenvalue weighted by Gasteiger charge is 2.12. The second kappa shape index (κ2) is 7.14. The summed E-state index contributed by atoms with van der Waals surface area (Å²) >= 11 is 0. The Hall–Kier alpha value is -1.75. The molecule has 0 bridgehead atoms. The zero-order chi connectivity index (χ0) is 15.2. The minimum absolute atomic E-state index is 0.207. The zero-order valence-corrected chi connectivity index (χ0v) is 12.6. The van der Waals surface area contributed by atoms with Crippen molar-refractivity contribution in [1.82, 2.24) is 0 Å². The maximum absolute atomic E-state index is 11.6. The molecule has 0 amide bonds. The second-order valence-electron chi connectivity index (χ2n) is 5.28. The Morgan fingerprint density at radius 2 is 1.95 bits per heavy atom. The van der Waals surface area contributed by atoms with Gasteiger partial charge in [0.1, 0.15) is 12.4 Å². The number of rotatable bonds is 6. The summed E-state index contributed by atoms with van der Waals surface area (Å²) in [6, 6.07) is 4.84.